The number of anilines is 1. The summed E-state index contributed by atoms with van der Waals surface area (Å²) in [5.41, 5.74) is 3.65. The molecule has 0 bridgehead atoms. The number of aliphatic carboxylic acids is 1. The fraction of sp³-hybridized carbons (Fsp3) is 0.188. The Morgan fingerprint density at radius 2 is 1.90 bits per heavy atom. The highest BCUT2D eigenvalue weighted by Gasteiger charge is 2.21. The Labute approximate surface area is 126 Å². The quantitative estimate of drug-likeness (QED) is 0.876. The molecule has 1 unspecified atom stereocenters. The lowest BCUT2D eigenvalue weighted by molar-refractivity contribution is -0.138. The van der Waals surface area contributed by atoms with Gasteiger partial charge in [-0.1, -0.05) is 40.2 Å². The minimum Gasteiger partial charge on any atom is -0.479 e. The molecule has 2 N–H and O–H groups in total. The van der Waals surface area contributed by atoms with Crippen LogP contribution in [0.3, 0.4) is 0 Å². The van der Waals surface area contributed by atoms with Crippen molar-refractivity contribution in [2.24, 2.45) is 0 Å². The lowest BCUT2D eigenvalue weighted by Gasteiger charge is -2.19. The molecule has 4 heteroatoms. The third-order valence-corrected chi connectivity index (χ3v) is 3.83. The van der Waals surface area contributed by atoms with Crippen LogP contribution in [0.5, 0.6) is 0 Å². The maximum atomic E-state index is 11.6. The second-order valence-electron chi connectivity index (χ2n) is 4.72. The van der Waals surface area contributed by atoms with E-state index in [0.717, 1.165) is 26.9 Å². The summed E-state index contributed by atoms with van der Waals surface area (Å²) >= 11 is 3.38. The number of benzene rings is 2. The number of halogens is 1. The predicted octanol–water partition coefficient (Wildman–Crippen LogP) is 4.30. The molecule has 0 radical (unpaired) electrons. The number of carboxylic acids is 1. The average Bonchev–Trinajstić information content (AvgIpc) is 2.39. The van der Waals surface area contributed by atoms with Gasteiger partial charge in [-0.15, -0.1) is 0 Å². The number of hydrogen-bond acceptors (Lipinski definition) is 2. The summed E-state index contributed by atoms with van der Waals surface area (Å²) in [6.07, 6.45) is 0. The van der Waals surface area contributed by atoms with Gasteiger partial charge in [-0.25, -0.2) is 4.79 Å². The zero-order chi connectivity index (χ0) is 14.7. The van der Waals surface area contributed by atoms with Crippen molar-refractivity contribution in [2.45, 2.75) is 19.9 Å². The first-order chi connectivity index (χ1) is 9.49. The predicted molar refractivity (Wildman–Crippen MR) is 84.1 cm³/mol. The Morgan fingerprint density at radius 3 is 2.55 bits per heavy atom. The zero-order valence-corrected chi connectivity index (χ0v) is 12.9. The maximum absolute atomic E-state index is 11.6. The van der Waals surface area contributed by atoms with Crippen LogP contribution in [0.2, 0.25) is 0 Å². The summed E-state index contributed by atoms with van der Waals surface area (Å²) in [4.78, 5) is 11.6. The van der Waals surface area contributed by atoms with Crippen molar-refractivity contribution >= 4 is 27.6 Å². The van der Waals surface area contributed by atoms with Crippen LogP contribution < -0.4 is 5.32 Å². The highest BCUT2D eigenvalue weighted by atomic mass is 79.9. The molecule has 2 aromatic carbocycles. The molecule has 0 amide bonds. The molecule has 104 valence electrons. The van der Waals surface area contributed by atoms with Gasteiger partial charge in [0.25, 0.3) is 0 Å². The molecule has 0 aromatic heterocycles. The van der Waals surface area contributed by atoms with Crippen LogP contribution >= 0.6 is 15.9 Å². The fourth-order valence-corrected chi connectivity index (χ4v) is 2.50. The first-order valence-electron chi connectivity index (χ1n) is 6.30. The summed E-state index contributed by atoms with van der Waals surface area (Å²) in [5.74, 6) is -0.890. The number of rotatable bonds is 4. The summed E-state index contributed by atoms with van der Waals surface area (Å²) in [5, 5.41) is 12.6. The molecule has 0 aliphatic heterocycles. The first-order valence-corrected chi connectivity index (χ1v) is 7.09. The fourth-order valence-electron chi connectivity index (χ4n) is 2.10. The molecule has 3 nitrogen and oxygen atoms in total. The number of hydrogen-bond donors (Lipinski definition) is 2. The summed E-state index contributed by atoms with van der Waals surface area (Å²) < 4.78 is 0.910. The molecule has 0 saturated carbocycles. The van der Waals surface area contributed by atoms with Crippen molar-refractivity contribution in [3.8, 4) is 0 Å². The first kappa shape index (κ1) is 14.6. The minimum absolute atomic E-state index is 0.760. The third kappa shape index (κ3) is 3.20. The van der Waals surface area contributed by atoms with Crippen molar-refractivity contribution in [3.05, 3.63) is 63.6 Å². The molecule has 0 saturated heterocycles. The number of carbonyl (C=O) groups is 1. The monoisotopic (exact) mass is 333 g/mol. The van der Waals surface area contributed by atoms with E-state index in [1.807, 2.05) is 56.3 Å². The molecular weight excluding hydrogens is 318 g/mol. The normalized spacial score (nSPS) is 11.9. The second kappa shape index (κ2) is 6.09. The highest BCUT2D eigenvalue weighted by Crippen LogP contribution is 2.26. The lowest BCUT2D eigenvalue weighted by atomic mass is 9.97. The molecule has 0 fully saturated rings. The molecule has 20 heavy (non-hydrogen) atoms. The Kier molecular flexibility index (Phi) is 4.45. The summed E-state index contributed by atoms with van der Waals surface area (Å²) in [7, 11) is 0. The van der Waals surface area contributed by atoms with Gasteiger partial charge in [0.05, 0.1) is 0 Å². The van der Waals surface area contributed by atoms with Crippen molar-refractivity contribution < 1.29 is 9.90 Å². The van der Waals surface area contributed by atoms with E-state index in [9.17, 15) is 9.90 Å². The van der Waals surface area contributed by atoms with Crippen LogP contribution in [0.4, 0.5) is 5.69 Å². The van der Waals surface area contributed by atoms with Crippen molar-refractivity contribution in [3.63, 3.8) is 0 Å². The summed E-state index contributed by atoms with van der Waals surface area (Å²) in [6.45, 7) is 3.93. The van der Waals surface area contributed by atoms with E-state index in [2.05, 4.69) is 21.2 Å². The van der Waals surface area contributed by atoms with Gasteiger partial charge in [-0.2, -0.15) is 0 Å². The van der Waals surface area contributed by atoms with Crippen LogP contribution in [0.25, 0.3) is 0 Å². The van der Waals surface area contributed by atoms with Crippen molar-refractivity contribution in [1.82, 2.24) is 0 Å². The number of aryl methyl sites for hydroxylation is 1. The van der Waals surface area contributed by atoms with Crippen LogP contribution in [0.15, 0.2) is 46.9 Å². The lowest BCUT2D eigenvalue weighted by Crippen LogP contribution is -2.21. The average molecular weight is 334 g/mol. The third-order valence-electron chi connectivity index (χ3n) is 3.34. The van der Waals surface area contributed by atoms with Gasteiger partial charge >= 0.3 is 5.97 Å². The van der Waals surface area contributed by atoms with Gasteiger partial charge < -0.3 is 10.4 Å². The standard InChI is InChI=1S/C16H16BrNO2/c1-10-5-3-8-14(11(10)2)15(16(19)20)18-13-7-4-6-12(17)9-13/h3-9,15,18H,1-2H3,(H,19,20). The number of nitrogens with one attached hydrogen (secondary N) is 1. The Morgan fingerprint density at radius 1 is 1.20 bits per heavy atom. The van der Waals surface area contributed by atoms with Crippen molar-refractivity contribution in [2.75, 3.05) is 5.32 Å². The van der Waals surface area contributed by atoms with E-state index in [1.54, 1.807) is 0 Å². The van der Waals surface area contributed by atoms with Gasteiger partial charge in [0.15, 0.2) is 6.04 Å². The summed E-state index contributed by atoms with van der Waals surface area (Å²) in [6, 6.07) is 12.4. The van der Waals surface area contributed by atoms with E-state index in [4.69, 9.17) is 0 Å². The van der Waals surface area contributed by atoms with Gasteiger partial charge in [0.2, 0.25) is 0 Å². The van der Waals surface area contributed by atoms with Gasteiger partial charge in [0, 0.05) is 10.2 Å². The van der Waals surface area contributed by atoms with E-state index in [-0.39, 0.29) is 0 Å². The molecule has 2 rings (SSSR count). The topological polar surface area (TPSA) is 49.3 Å². The molecule has 0 spiro atoms. The van der Waals surface area contributed by atoms with Crippen molar-refractivity contribution in [1.29, 1.82) is 0 Å². The molecule has 0 aliphatic rings. The van der Waals surface area contributed by atoms with E-state index >= 15 is 0 Å². The number of carboxylic acid groups (broad SMARTS) is 1. The molecule has 1 atom stereocenters. The minimum atomic E-state index is -0.890. The molecule has 2 aromatic rings. The van der Waals surface area contributed by atoms with E-state index in [1.165, 1.54) is 0 Å². The highest BCUT2D eigenvalue weighted by molar-refractivity contribution is 9.10. The largest absolute Gasteiger partial charge is 0.479 e. The Bertz CT molecular complexity index is 640. The maximum Gasteiger partial charge on any atom is 0.330 e. The van der Waals surface area contributed by atoms with Crippen LogP contribution in [-0.2, 0) is 4.79 Å². The van der Waals surface area contributed by atoms with Gasteiger partial charge in [-0.05, 0) is 48.7 Å². The zero-order valence-electron chi connectivity index (χ0n) is 11.4. The van der Waals surface area contributed by atoms with Crippen LogP contribution in [-0.4, -0.2) is 11.1 Å². The Hall–Kier alpha value is -1.81. The molecular formula is C16H16BrNO2. The van der Waals surface area contributed by atoms with Crippen LogP contribution in [0, 0.1) is 13.8 Å². The van der Waals surface area contributed by atoms with E-state index in [0.29, 0.717) is 0 Å². The SMILES string of the molecule is Cc1cccc(C(Nc2cccc(Br)c2)C(=O)O)c1C. The van der Waals surface area contributed by atoms with Crippen LogP contribution in [0.1, 0.15) is 22.7 Å². The second-order valence-corrected chi connectivity index (χ2v) is 5.63. The van der Waals surface area contributed by atoms with Gasteiger partial charge in [0.1, 0.15) is 0 Å². The Balaban J connectivity index is 2.37. The van der Waals surface area contributed by atoms with E-state index < -0.39 is 12.0 Å². The van der Waals surface area contributed by atoms with Gasteiger partial charge in [-0.3, -0.25) is 0 Å². The molecule has 0 heterocycles. The molecule has 0 aliphatic carbocycles. The smallest absolute Gasteiger partial charge is 0.330 e.